The molecule has 1 heterocycles. The number of nitrogens with zero attached hydrogens (tertiary/aromatic N) is 2. The van der Waals surface area contributed by atoms with Gasteiger partial charge >= 0.3 is 5.97 Å². The van der Waals surface area contributed by atoms with Gasteiger partial charge in [-0.25, -0.2) is 4.79 Å². The van der Waals surface area contributed by atoms with Gasteiger partial charge in [-0.05, 0) is 25.8 Å². The van der Waals surface area contributed by atoms with Crippen molar-refractivity contribution in [3.63, 3.8) is 0 Å². The molecule has 0 saturated carbocycles. The topological polar surface area (TPSA) is 55.1 Å². The number of carboxylic acids is 1. The van der Waals surface area contributed by atoms with E-state index < -0.39 is 12.0 Å². The quantitative estimate of drug-likeness (QED) is 0.796. The molecule has 78 valence electrons. The Morgan fingerprint density at radius 3 is 2.64 bits per heavy atom. The first-order valence-corrected chi connectivity index (χ1v) is 4.90. The summed E-state index contributed by atoms with van der Waals surface area (Å²) < 4.78 is 1.60. The van der Waals surface area contributed by atoms with Crippen LogP contribution in [0.2, 0.25) is 0 Å². The average Bonchev–Trinajstić information content (AvgIpc) is 2.59. The standard InChI is InChI=1S/C10H16N2O2/c1-4-8-6-9(5-2)12(11-8)7(3)10(13)14/h6-7H,4-5H2,1-3H3,(H,13,14)/t7-/m0/s1. The lowest BCUT2D eigenvalue weighted by molar-refractivity contribution is -0.140. The second kappa shape index (κ2) is 4.26. The van der Waals surface area contributed by atoms with Crippen LogP contribution >= 0.6 is 0 Å². The molecule has 0 amide bonds. The summed E-state index contributed by atoms with van der Waals surface area (Å²) >= 11 is 0. The first-order chi connectivity index (χ1) is 6.60. The van der Waals surface area contributed by atoms with Crippen LogP contribution in [-0.2, 0) is 17.6 Å². The molecule has 4 nitrogen and oxygen atoms in total. The van der Waals surface area contributed by atoms with Gasteiger partial charge in [0.05, 0.1) is 5.69 Å². The number of aryl methyl sites for hydroxylation is 2. The molecule has 1 N–H and O–H groups in total. The fraction of sp³-hybridized carbons (Fsp3) is 0.600. The van der Waals surface area contributed by atoms with E-state index in [4.69, 9.17) is 5.11 Å². The van der Waals surface area contributed by atoms with Gasteiger partial charge in [0.2, 0.25) is 0 Å². The molecule has 0 radical (unpaired) electrons. The number of rotatable bonds is 4. The van der Waals surface area contributed by atoms with Crippen molar-refractivity contribution in [1.29, 1.82) is 0 Å². The third kappa shape index (κ3) is 1.95. The van der Waals surface area contributed by atoms with Crippen LogP contribution in [0.4, 0.5) is 0 Å². The van der Waals surface area contributed by atoms with Crippen molar-refractivity contribution >= 4 is 5.97 Å². The van der Waals surface area contributed by atoms with Crippen LogP contribution in [0.3, 0.4) is 0 Å². The van der Waals surface area contributed by atoms with Crippen molar-refractivity contribution in [2.45, 2.75) is 39.7 Å². The maximum absolute atomic E-state index is 10.8. The van der Waals surface area contributed by atoms with E-state index in [0.29, 0.717) is 0 Å². The molecule has 4 heteroatoms. The summed E-state index contributed by atoms with van der Waals surface area (Å²) in [4.78, 5) is 10.8. The number of hydrogen-bond donors (Lipinski definition) is 1. The molecule has 0 fully saturated rings. The Bertz CT molecular complexity index is 331. The van der Waals surface area contributed by atoms with E-state index in [0.717, 1.165) is 24.2 Å². The number of aliphatic carboxylic acids is 1. The van der Waals surface area contributed by atoms with E-state index >= 15 is 0 Å². The zero-order chi connectivity index (χ0) is 10.7. The fourth-order valence-corrected chi connectivity index (χ4v) is 1.37. The Kier molecular flexibility index (Phi) is 3.28. The van der Waals surface area contributed by atoms with E-state index in [-0.39, 0.29) is 0 Å². The van der Waals surface area contributed by atoms with Gasteiger partial charge in [0.15, 0.2) is 0 Å². The van der Waals surface area contributed by atoms with Crippen LogP contribution < -0.4 is 0 Å². The molecule has 0 bridgehead atoms. The van der Waals surface area contributed by atoms with Gasteiger partial charge in [-0.15, -0.1) is 0 Å². The normalized spacial score (nSPS) is 12.8. The van der Waals surface area contributed by atoms with Crippen molar-refractivity contribution in [2.75, 3.05) is 0 Å². The van der Waals surface area contributed by atoms with Gasteiger partial charge in [-0.1, -0.05) is 13.8 Å². The fourth-order valence-electron chi connectivity index (χ4n) is 1.37. The summed E-state index contributed by atoms with van der Waals surface area (Å²) in [6.45, 7) is 5.66. The third-order valence-electron chi connectivity index (χ3n) is 2.31. The van der Waals surface area contributed by atoms with Crippen molar-refractivity contribution < 1.29 is 9.90 Å². The predicted molar refractivity (Wildman–Crippen MR) is 53.3 cm³/mol. The van der Waals surface area contributed by atoms with E-state index in [1.54, 1.807) is 11.6 Å². The molecular formula is C10H16N2O2. The monoisotopic (exact) mass is 196 g/mol. The average molecular weight is 196 g/mol. The molecule has 0 aliphatic carbocycles. The third-order valence-corrected chi connectivity index (χ3v) is 2.31. The van der Waals surface area contributed by atoms with Gasteiger partial charge < -0.3 is 5.11 Å². The maximum Gasteiger partial charge on any atom is 0.328 e. The van der Waals surface area contributed by atoms with Crippen LogP contribution in [0.15, 0.2) is 6.07 Å². The summed E-state index contributed by atoms with van der Waals surface area (Å²) in [5.74, 6) is -0.842. The zero-order valence-electron chi connectivity index (χ0n) is 8.82. The van der Waals surface area contributed by atoms with E-state index in [9.17, 15) is 4.79 Å². The highest BCUT2D eigenvalue weighted by Crippen LogP contribution is 2.13. The highest BCUT2D eigenvalue weighted by atomic mass is 16.4. The summed E-state index contributed by atoms with van der Waals surface area (Å²) in [7, 11) is 0. The summed E-state index contributed by atoms with van der Waals surface area (Å²) in [5, 5.41) is 13.1. The van der Waals surface area contributed by atoms with Crippen LogP contribution in [0.1, 0.15) is 38.2 Å². The van der Waals surface area contributed by atoms with Gasteiger partial charge in [0.1, 0.15) is 6.04 Å². The Balaban J connectivity index is 3.05. The SMILES string of the molecule is CCc1cc(CC)n([C@@H](C)C(=O)O)n1. The molecule has 1 aromatic heterocycles. The molecule has 0 aromatic carbocycles. The largest absolute Gasteiger partial charge is 0.480 e. The second-order valence-corrected chi connectivity index (χ2v) is 3.29. The Morgan fingerprint density at radius 1 is 1.57 bits per heavy atom. The molecule has 1 aromatic rings. The minimum atomic E-state index is -0.842. The highest BCUT2D eigenvalue weighted by molar-refractivity contribution is 5.71. The van der Waals surface area contributed by atoms with Crippen LogP contribution in [-0.4, -0.2) is 20.9 Å². The zero-order valence-corrected chi connectivity index (χ0v) is 8.82. The molecule has 0 saturated heterocycles. The van der Waals surface area contributed by atoms with Crippen LogP contribution in [0.5, 0.6) is 0 Å². The number of hydrogen-bond acceptors (Lipinski definition) is 2. The molecule has 14 heavy (non-hydrogen) atoms. The van der Waals surface area contributed by atoms with Crippen molar-refractivity contribution in [1.82, 2.24) is 9.78 Å². The number of aromatic nitrogens is 2. The van der Waals surface area contributed by atoms with E-state index in [2.05, 4.69) is 5.10 Å². The number of carboxylic acid groups (broad SMARTS) is 1. The van der Waals surface area contributed by atoms with Crippen molar-refractivity contribution in [3.05, 3.63) is 17.5 Å². The molecule has 1 atom stereocenters. The Hall–Kier alpha value is -1.32. The first kappa shape index (κ1) is 10.8. The lowest BCUT2D eigenvalue weighted by atomic mass is 10.2. The summed E-state index contributed by atoms with van der Waals surface area (Å²) in [5.41, 5.74) is 1.94. The Labute approximate surface area is 83.5 Å². The highest BCUT2D eigenvalue weighted by Gasteiger charge is 2.17. The Morgan fingerprint density at radius 2 is 2.21 bits per heavy atom. The minimum Gasteiger partial charge on any atom is -0.480 e. The van der Waals surface area contributed by atoms with Crippen LogP contribution in [0, 0.1) is 0 Å². The van der Waals surface area contributed by atoms with E-state index in [1.165, 1.54) is 0 Å². The van der Waals surface area contributed by atoms with Gasteiger partial charge in [0.25, 0.3) is 0 Å². The molecule has 1 rings (SSSR count). The lowest BCUT2D eigenvalue weighted by Gasteiger charge is -2.09. The maximum atomic E-state index is 10.8. The molecule has 0 aliphatic rings. The van der Waals surface area contributed by atoms with Crippen molar-refractivity contribution in [2.24, 2.45) is 0 Å². The smallest absolute Gasteiger partial charge is 0.328 e. The number of carbonyl (C=O) groups is 1. The minimum absolute atomic E-state index is 0.578. The molecule has 0 unspecified atom stereocenters. The van der Waals surface area contributed by atoms with Crippen LogP contribution in [0.25, 0.3) is 0 Å². The van der Waals surface area contributed by atoms with Gasteiger partial charge in [-0.2, -0.15) is 5.10 Å². The van der Waals surface area contributed by atoms with Gasteiger partial charge in [0, 0.05) is 5.69 Å². The molecular weight excluding hydrogens is 180 g/mol. The summed E-state index contributed by atoms with van der Waals surface area (Å²) in [6.07, 6.45) is 1.65. The first-order valence-electron chi connectivity index (χ1n) is 4.90. The lowest BCUT2D eigenvalue weighted by Crippen LogP contribution is -2.18. The van der Waals surface area contributed by atoms with E-state index in [1.807, 2.05) is 19.9 Å². The van der Waals surface area contributed by atoms with Crippen molar-refractivity contribution in [3.8, 4) is 0 Å². The summed E-state index contributed by atoms with van der Waals surface area (Å²) in [6, 6.07) is 1.39. The second-order valence-electron chi connectivity index (χ2n) is 3.29. The predicted octanol–water partition coefficient (Wildman–Crippen LogP) is 1.65. The molecule has 0 aliphatic heterocycles. The van der Waals surface area contributed by atoms with Gasteiger partial charge in [-0.3, -0.25) is 4.68 Å². The molecule has 0 spiro atoms.